The molecule has 27 heavy (non-hydrogen) atoms. The fraction of sp³-hybridized carbons (Fsp3) is 0.136. The van der Waals surface area contributed by atoms with Crippen LogP contribution in [0.5, 0.6) is 0 Å². The van der Waals surface area contributed by atoms with Gasteiger partial charge < -0.3 is 15.1 Å². The van der Waals surface area contributed by atoms with Gasteiger partial charge in [-0.3, -0.25) is 0 Å². The lowest BCUT2D eigenvalue weighted by atomic mass is 9.84. The van der Waals surface area contributed by atoms with E-state index in [2.05, 4.69) is 22.8 Å². The zero-order valence-corrected chi connectivity index (χ0v) is 15.2. The van der Waals surface area contributed by atoms with Gasteiger partial charge in [0.1, 0.15) is 17.6 Å². The van der Waals surface area contributed by atoms with Crippen molar-refractivity contribution < 1.29 is 9.21 Å². The molecule has 2 heterocycles. The van der Waals surface area contributed by atoms with Crippen LogP contribution in [0.3, 0.4) is 0 Å². The number of fused-ring (bicyclic) bond motifs is 2. The summed E-state index contributed by atoms with van der Waals surface area (Å²) in [6, 6.07) is 19.1. The molecule has 3 aromatic rings. The highest BCUT2D eigenvalue weighted by Crippen LogP contribution is 2.40. The van der Waals surface area contributed by atoms with Crippen LogP contribution in [0.1, 0.15) is 29.3 Å². The van der Waals surface area contributed by atoms with Gasteiger partial charge in [-0.15, -0.1) is 0 Å². The third kappa shape index (κ3) is 2.82. The van der Waals surface area contributed by atoms with E-state index in [1.165, 1.54) is 5.56 Å². The van der Waals surface area contributed by atoms with E-state index in [1.54, 1.807) is 0 Å². The number of carbonyl (C=O) groups is 1. The van der Waals surface area contributed by atoms with Gasteiger partial charge in [0.05, 0.1) is 5.70 Å². The van der Waals surface area contributed by atoms with Gasteiger partial charge in [0.15, 0.2) is 0 Å². The highest BCUT2D eigenvalue weighted by Gasteiger charge is 2.33. The molecule has 0 spiro atoms. The summed E-state index contributed by atoms with van der Waals surface area (Å²) in [5, 5.41) is 6.66. The summed E-state index contributed by atoms with van der Waals surface area (Å²) in [4.78, 5) is 12.3. The molecule has 4 nitrogen and oxygen atoms in total. The number of nitrogens with one attached hydrogen (secondary N) is 2. The van der Waals surface area contributed by atoms with Crippen molar-refractivity contribution in [3.05, 3.63) is 88.1 Å². The Morgan fingerprint density at radius 2 is 1.89 bits per heavy atom. The van der Waals surface area contributed by atoms with Crippen LogP contribution in [0.4, 0.5) is 4.79 Å². The van der Waals surface area contributed by atoms with Gasteiger partial charge >= 0.3 is 6.03 Å². The summed E-state index contributed by atoms with van der Waals surface area (Å²) in [5.41, 5.74) is 5.33. The molecule has 5 rings (SSSR count). The first kappa shape index (κ1) is 16.2. The number of furan rings is 1. The van der Waals surface area contributed by atoms with Crippen LogP contribution in [-0.4, -0.2) is 6.03 Å². The number of halogens is 1. The highest BCUT2D eigenvalue weighted by atomic mass is 35.5. The number of urea groups is 1. The molecule has 1 aliphatic carbocycles. The molecule has 2 N–H and O–H groups in total. The van der Waals surface area contributed by atoms with Crippen LogP contribution in [0.25, 0.3) is 17.0 Å². The first-order valence-electron chi connectivity index (χ1n) is 8.93. The molecular formula is C22H17ClN2O2. The Morgan fingerprint density at radius 3 is 2.78 bits per heavy atom. The summed E-state index contributed by atoms with van der Waals surface area (Å²) < 4.78 is 6.11. The zero-order chi connectivity index (χ0) is 18.4. The summed E-state index contributed by atoms with van der Waals surface area (Å²) in [6.07, 6.45) is 1.82. The first-order chi connectivity index (χ1) is 13.2. The molecule has 2 aromatic carbocycles. The standard InChI is InChI=1S/C22H17ClN2O2/c23-15-6-3-5-14(12-15)18-10-11-19(27-18)21-17-9-8-13-4-1-2-7-16(13)20(17)24-22(26)25-21/h1-7,10-12,21H,8-9H2,(H2,24,25,26). The number of carbonyl (C=O) groups excluding carboxylic acids is 1. The van der Waals surface area contributed by atoms with E-state index in [0.717, 1.165) is 46.8 Å². The molecule has 2 amide bonds. The smallest absolute Gasteiger partial charge is 0.320 e. The maximum absolute atomic E-state index is 12.3. The molecule has 134 valence electrons. The van der Waals surface area contributed by atoms with Crippen molar-refractivity contribution in [3.8, 4) is 11.3 Å². The predicted molar refractivity (Wildman–Crippen MR) is 105 cm³/mol. The summed E-state index contributed by atoms with van der Waals surface area (Å²) >= 11 is 6.09. The second-order valence-corrected chi connectivity index (χ2v) is 7.24. The van der Waals surface area contributed by atoms with Gasteiger partial charge in [-0.1, -0.05) is 48.0 Å². The maximum atomic E-state index is 12.3. The molecule has 1 aromatic heterocycles. The number of benzene rings is 2. The van der Waals surface area contributed by atoms with E-state index in [0.29, 0.717) is 5.02 Å². The lowest BCUT2D eigenvalue weighted by molar-refractivity contribution is 0.238. The summed E-state index contributed by atoms with van der Waals surface area (Å²) in [5.74, 6) is 1.46. The van der Waals surface area contributed by atoms with Crippen molar-refractivity contribution in [2.45, 2.75) is 18.9 Å². The van der Waals surface area contributed by atoms with Gasteiger partial charge in [0, 0.05) is 16.1 Å². The quantitative estimate of drug-likeness (QED) is 0.636. The molecule has 1 atom stereocenters. The van der Waals surface area contributed by atoms with Crippen molar-refractivity contribution in [2.75, 3.05) is 0 Å². The molecular weight excluding hydrogens is 360 g/mol. The molecule has 0 radical (unpaired) electrons. The van der Waals surface area contributed by atoms with E-state index in [4.69, 9.17) is 16.0 Å². The summed E-state index contributed by atoms with van der Waals surface area (Å²) in [7, 11) is 0. The number of hydrogen-bond donors (Lipinski definition) is 2. The van der Waals surface area contributed by atoms with Crippen molar-refractivity contribution in [1.82, 2.24) is 10.6 Å². The number of hydrogen-bond acceptors (Lipinski definition) is 2. The van der Waals surface area contributed by atoms with E-state index in [1.807, 2.05) is 48.5 Å². The molecule has 1 unspecified atom stereocenters. The molecule has 1 aliphatic heterocycles. The Balaban J connectivity index is 1.57. The number of aryl methyl sites for hydroxylation is 1. The third-order valence-corrected chi connectivity index (χ3v) is 5.39. The topological polar surface area (TPSA) is 54.3 Å². The fourth-order valence-corrected chi connectivity index (χ4v) is 4.09. The molecule has 0 fully saturated rings. The highest BCUT2D eigenvalue weighted by molar-refractivity contribution is 6.30. The van der Waals surface area contributed by atoms with E-state index >= 15 is 0 Å². The maximum Gasteiger partial charge on any atom is 0.320 e. The SMILES string of the molecule is O=C1NC2=C(CCc3ccccc32)C(c2ccc(-c3cccc(Cl)c3)o2)N1. The van der Waals surface area contributed by atoms with Crippen molar-refractivity contribution in [1.29, 1.82) is 0 Å². The van der Waals surface area contributed by atoms with Gasteiger partial charge in [-0.05, 0) is 48.2 Å². The minimum absolute atomic E-state index is 0.212. The third-order valence-electron chi connectivity index (χ3n) is 5.15. The predicted octanol–water partition coefficient (Wildman–Crippen LogP) is 5.31. The lowest BCUT2D eigenvalue weighted by Crippen LogP contribution is -2.44. The number of amides is 2. The van der Waals surface area contributed by atoms with Crippen molar-refractivity contribution >= 4 is 23.3 Å². The van der Waals surface area contributed by atoms with E-state index < -0.39 is 0 Å². The average Bonchev–Trinajstić information content (AvgIpc) is 3.17. The minimum atomic E-state index is -0.268. The van der Waals surface area contributed by atoms with Crippen LogP contribution in [0.2, 0.25) is 5.02 Å². The fourth-order valence-electron chi connectivity index (χ4n) is 3.90. The van der Waals surface area contributed by atoms with Crippen molar-refractivity contribution in [3.63, 3.8) is 0 Å². The zero-order valence-electron chi connectivity index (χ0n) is 14.5. The molecule has 2 aliphatic rings. The Labute approximate surface area is 161 Å². The average molecular weight is 377 g/mol. The first-order valence-corrected chi connectivity index (χ1v) is 9.31. The molecule has 0 bridgehead atoms. The largest absolute Gasteiger partial charge is 0.459 e. The Bertz CT molecular complexity index is 1080. The Morgan fingerprint density at radius 1 is 1.00 bits per heavy atom. The second-order valence-electron chi connectivity index (χ2n) is 6.80. The molecule has 5 heteroatoms. The molecule has 0 saturated carbocycles. The van der Waals surface area contributed by atoms with E-state index in [-0.39, 0.29) is 12.1 Å². The Kier molecular flexibility index (Phi) is 3.80. The normalized spacial score (nSPS) is 18.4. The van der Waals surface area contributed by atoms with Gasteiger partial charge in [0.2, 0.25) is 0 Å². The van der Waals surface area contributed by atoms with Crippen LogP contribution >= 0.6 is 11.6 Å². The van der Waals surface area contributed by atoms with Gasteiger partial charge in [0.25, 0.3) is 0 Å². The van der Waals surface area contributed by atoms with Crippen LogP contribution in [0, 0.1) is 0 Å². The van der Waals surface area contributed by atoms with Crippen LogP contribution in [-0.2, 0) is 6.42 Å². The monoisotopic (exact) mass is 376 g/mol. The summed E-state index contributed by atoms with van der Waals surface area (Å²) in [6.45, 7) is 0. The molecule has 0 saturated heterocycles. The van der Waals surface area contributed by atoms with Crippen LogP contribution < -0.4 is 10.6 Å². The van der Waals surface area contributed by atoms with Crippen molar-refractivity contribution in [2.24, 2.45) is 0 Å². The van der Waals surface area contributed by atoms with Crippen LogP contribution in [0.15, 0.2) is 70.7 Å². The van der Waals surface area contributed by atoms with Gasteiger partial charge in [-0.25, -0.2) is 4.79 Å². The lowest BCUT2D eigenvalue weighted by Gasteiger charge is -2.33. The second kappa shape index (κ2) is 6.32. The Hall–Kier alpha value is -2.98. The minimum Gasteiger partial charge on any atom is -0.459 e. The number of rotatable bonds is 2. The van der Waals surface area contributed by atoms with Gasteiger partial charge in [-0.2, -0.15) is 0 Å². The van der Waals surface area contributed by atoms with E-state index in [9.17, 15) is 4.79 Å².